The minimum atomic E-state index is -1.08. The van der Waals surface area contributed by atoms with Gasteiger partial charge in [-0.15, -0.1) is 0 Å². The molecule has 0 bridgehead atoms. The van der Waals surface area contributed by atoms with Crippen LogP contribution in [0.2, 0.25) is 0 Å². The number of hydrogen-bond donors (Lipinski definition) is 5. The number of carboxylic acid groups (broad SMARTS) is 3. The fourth-order valence-corrected chi connectivity index (χ4v) is 2.21. The van der Waals surface area contributed by atoms with E-state index < -0.39 is 29.9 Å². The van der Waals surface area contributed by atoms with Crippen molar-refractivity contribution < 1.29 is 44.3 Å². The molecule has 0 saturated carbocycles. The molecule has 0 aliphatic rings. The number of carbonyl (C=O) groups excluding carboxylic acids is 1. The molecule has 0 fully saturated rings. The molecule has 0 spiro atoms. The van der Waals surface area contributed by atoms with Crippen LogP contribution in [0.3, 0.4) is 0 Å². The van der Waals surface area contributed by atoms with Crippen molar-refractivity contribution in [1.29, 1.82) is 0 Å². The maximum atomic E-state index is 11.4. The lowest BCUT2D eigenvalue weighted by atomic mass is 10.1. The minimum Gasteiger partial charge on any atom is -0.508 e. The Morgan fingerprint density at radius 2 is 1.45 bits per heavy atom. The zero-order valence-electron chi connectivity index (χ0n) is 16.4. The van der Waals surface area contributed by atoms with E-state index in [1.165, 1.54) is 24.3 Å². The van der Waals surface area contributed by atoms with E-state index in [1.807, 2.05) is 0 Å². The summed E-state index contributed by atoms with van der Waals surface area (Å²) < 4.78 is 5.02. The number of phenolic OH excluding ortho intramolecular Hbond substituents is 1. The number of carbonyl (C=O) groups is 4. The summed E-state index contributed by atoms with van der Waals surface area (Å²) >= 11 is 0. The zero-order chi connectivity index (χ0) is 23.4. The topological polar surface area (TPSA) is 184 Å². The second kappa shape index (κ2) is 12.6. The Hall–Kier alpha value is -3.92. The van der Waals surface area contributed by atoms with Crippen molar-refractivity contribution in [3.63, 3.8) is 0 Å². The maximum absolute atomic E-state index is 11.4. The summed E-state index contributed by atoms with van der Waals surface area (Å²) in [6, 6.07) is 10.7. The van der Waals surface area contributed by atoms with Gasteiger partial charge in [-0.1, -0.05) is 12.1 Å². The first kappa shape index (κ1) is 25.1. The number of benzene rings is 2. The van der Waals surface area contributed by atoms with Gasteiger partial charge in [-0.05, 0) is 54.8 Å². The van der Waals surface area contributed by atoms with Crippen LogP contribution in [0.25, 0.3) is 0 Å². The number of carboxylic acids is 3. The maximum Gasteiger partial charge on any atom is 0.335 e. The molecule has 0 radical (unpaired) electrons. The molecule has 6 N–H and O–H groups in total. The van der Waals surface area contributed by atoms with Gasteiger partial charge < -0.3 is 30.9 Å². The van der Waals surface area contributed by atoms with Gasteiger partial charge in [0.15, 0.2) is 0 Å². The molecule has 166 valence electrons. The molecule has 1 unspecified atom stereocenters. The fourth-order valence-electron chi connectivity index (χ4n) is 2.21. The number of hydrogen-bond acceptors (Lipinski definition) is 7. The molecule has 0 aliphatic carbocycles. The molecule has 0 saturated heterocycles. The number of ether oxygens (including phenoxy) is 1. The number of aliphatic carboxylic acids is 2. The molecule has 1 atom stereocenters. The Bertz CT molecular complexity index is 892. The Morgan fingerprint density at radius 3 is 1.94 bits per heavy atom. The Balaban J connectivity index is 0.000000399. The van der Waals surface area contributed by atoms with Crippen LogP contribution >= 0.6 is 0 Å². The van der Waals surface area contributed by atoms with Crippen LogP contribution in [0.5, 0.6) is 11.5 Å². The van der Waals surface area contributed by atoms with Gasteiger partial charge in [-0.3, -0.25) is 14.4 Å². The average Bonchev–Trinajstić information content (AvgIpc) is 2.70. The first-order valence-electron chi connectivity index (χ1n) is 9.10. The molecule has 0 aromatic heterocycles. The van der Waals surface area contributed by atoms with Crippen molar-refractivity contribution in [2.75, 3.05) is 0 Å². The van der Waals surface area contributed by atoms with Gasteiger partial charge in [-0.2, -0.15) is 0 Å². The molecule has 0 amide bonds. The Kier molecular flexibility index (Phi) is 10.2. The van der Waals surface area contributed by atoms with E-state index in [0.717, 1.165) is 5.56 Å². The summed E-state index contributed by atoms with van der Waals surface area (Å²) in [5.74, 6) is -3.13. The number of aromatic carboxylic acids is 1. The van der Waals surface area contributed by atoms with Gasteiger partial charge in [0.25, 0.3) is 0 Å². The van der Waals surface area contributed by atoms with E-state index >= 15 is 0 Å². The first-order valence-corrected chi connectivity index (χ1v) is 9.10. The third kappa shape index (κ3) is 10.4. The highest BCUT2D eigenvalue weighted by Crippen LogP contribution is 2.14. The van der Waals surface area contributed by atoms with Gasteiger partial charge in [0, 0.05) is 12.8 Å². The van der Waals surface area contributed by atoms with E-state index in [9.17, 15) is 19.2 Å². The molecular weight excluding hydrogens is 410 g/mol. The SMILES string of the molecule is NC(Cc1ccc(OC(=O)CCCC(=O)O)cc1)C(=O)O.O=C(O)c1ccc(O)cc1. The summed E-state index contributed by atoms with van der Waals surface area (Å²) in [7, 11) is 0. The van der Waals surface area contributed by atoms with Crippen LogP contribution < -0.4 is 10.5 Å². The van der Waals surface area contributed by atoms with Crippen LogP contribution in [0.1, 0.15) is 35.2 Å². The van der Waals surface area contributed by atoms with Gasteiger partial charge in [-0.25, -0.2) is 4.79 Å². The molecule has 31 heavy (non-hydrogen) atoms. The van der Waals surface area contributed by atoms with Crippen LogP contribution in [0, 0.1) is 0 Å². The normalized spacial score (nSPS) is 10.9. The van der Waals surface area contributed by atoms with Gasteiger partial charge in [0.1, 0.15) is 17.5 Å². The first-order chi connectivity index (χ1) is 14.6. The molecule has 2 aromatic carbocycles. The number of phenols is 1. The quantitative estimate of drug-likeness (QED) is 0.289. The highest BCUT2D eigenvalue weighted by atomic mass is 16.5. The number of rotatable bonds is 9. The second-order valence-electron chi connectivity index (χ2n) is 6.37. The largest absolute Gasteiger partial charge is 0.508 e. The lowest BCUT2D eigenvalue weighted by Gasteiger charge is -2.08. The molecule has 10 nitrogen and oxygen atoms in total. The van der Waals surface area contributed by atoms with Gasteiger partial charge >= 0.3 is 23.9 Å². The van der Waals surface area contributed by atoms with Crippen molar-refractivity contribution in [2.24, 2.45) is 5.73 Å². The predicted octanol–water partition coefficient (Wildman–Crippen LogP) is 1.89. The van der Waals surface area contributed by atoms with Crippen molar-refractivity contribution in [1.82, 2.24) is 0 Å². The van der Waals surface area contributed by atoms with Crippen molar-refractivity contribution in [2.45, 2.75) is 31.7 Å². The summed E-state index contributed by atoms with van der Waals surface area (Å²) in [6.45, 7) is 0. The monoisotopic (exact) mass is 433 g/mol. The van der Waals surface area contributed by atoms with Gasteiger partial charge in [0.05, 0.1) is 5.56 Å². The number of nitrogens with two attached hydrogens (primary N) is 1. The Morgan fingerprint density at radius 1 is 0.871 bits per heavy atom. The summed E-state index contributed by atoms with van der Waals surface area (Å²) in [6.07, 6.45) is 0.348. The van der Waals surface area contributed by atoms with E-state index in [-0.39, 0.29) is 37.0 Å². The van der Waals surface area contributed by atoms with E-state index in [4.69, 9.17) is 30.9 Å². The highest BCUT2D eigenvalue weighted by molar-refractivity contribution is 5.87. The standard InChI is InChI=1S/C14H17NO6.C7H6O3/c15-11(14(19)20)8-9-4-6-10(7-5-9)21-13(18)3-1-2-12(16)17;8-6-3-1-5(2-4-6)7(9)10/h4-7,11H,1-3,8,15H2,(H,16,17)(H,19,20);1-4,8H,(H,9,10). The third-order valence-corrected chi connectivity index (χ3v) is 3.81. The summed E-state index contributed by atoms with van der Waals surface area (Å²) in [5.41, 5.74) is 6.31. The molecule has 2 aromatic rings. The van der Waals surface area contributed by atoms with Crippen LogP contribution in [-0.2, 0) is 20.8 Å². The smallest absolute Gasteiger partial charge is 0.335 e. The van der Waals surface area contributed by atoms with Crippen LogP contribution in [0.15, 0.2) is 48.5 Å². The molecule has 10 heteroatoms. The molecular formula is C21H23NO9. The van der Waals surface area contributed by atoms with Crippen molar-refractivity contribution in [3.8, 4) is 11.5 Å². The lowest BCUT2D eigenvalue weighted by molar-refractivity contribution is -0.139. The van der Waals surface area contributed by atoms with Crippen LogP contribution in [-0.4, -0.2) is 50.3 Å². The highest BCUT2D eigenvalue weighted by Gasteiger charge is 2.12. The lowest BCUT2D eigenvalue weighted by Crippen LogP contribution is -2.32. The van der Waals surface area contributed by atoms with Gasteiger partial charge in [0.2, 0.25) is 0 Å². The number of aromatic hydroxyl groups is 1. The number of esters is 1. The summed E-state index contributed by atoms with van der Waals surface area (Å²) in [4.78, 5) is 42.6. The minimum absolute atomic E-state index is 0.0257. The van der Waals surface area contributed by atoms with E-state index in [1.54, 1.807) is 24.3 Å². The zero-order valence-corrected chi connectivity index (χ0v) is 16.4. The molecule has 0 heterocycles. The van der Waals surface area contributed by atoms with E-state index in [0.29, 0.717) is 5.75 Å². The third-order valence-electron chi connectivity index (χ3n) is 3.81. The molecule has 0 aliphatic heterocycles. The van der Waals surface area contributed by atoms with E-state index in [2.05, 4.69) is 0 Å². The molecule has 2 rings (SSSR count). The average molecular weight is 433 g/mol. The van der Waals surface area contributed by atoms with Crippen LogP contribution in [0.4, 0.5) is 0 Å². The van der Waals surface area contributed by atoms with Crippen molar-refractivity contribution >= 4 is 23.9 Å². The second-order valence-corrected chi connectivity index (χ2v) is 6.37. The van der Waals surface area contributed by atoms with Crippen molar-refractivity contribution in [3.05, 3.63) is 59.7 Å². The fraction of sp³-hybridized carbons (Fsp3) is 0.238. The predicted molar refractivity (Wildman–Crippen MR) is 108 cm³/mol. The Labute approximate surface area is 177 Å². The summed E-state index contributed by atoms with van der Waals surface area (Å²) in [5, 5.41) is 34.3.